The van der Waals surface area contributed by atoms with Crippen molar-refractivity contribution in [3.63, 3.8) is 0 Å². The number of rotatable bonds is 56. The van der Waals surface area contributed by atoms with Crippen LogP contribution in [0.2, 0.25) is 0 Å². The second kappa shape index (κ2) is 44.8. The third kappa shape index (κ3) is 19.4. The van der Waals surface area contributed by atoms with Gasteiger partial charge in [0.1, 0.15) is 12.6 Å². The van der Waals surface area contributed by atoms with Crippen molar-refractivity contribution in [1.29, 1.82) is 0 Å². The summed E-state index contributed by atoms with van der Waals surface area (Å²) >= 11 is 0. The highest BCUT2D eigenvalue weighted by molar-refractivity contribution is 5.94. The highest BCUT2D eigenvalue weighted by Crippen LogP contribution is 2.63. The Balaban J connectivity index is 0.826. The second-order valence-electron chi connectivity index (χ2n) is 41.4. The van der Waals surface area contributed by atoms with Crippen molar-refractivity contribution >= 4 is 12.6 Å². The number of carbonyl (C=O) groups is 2. The molecule has 0 N–H and O–H groups in total. The summed E-state index contributed by atoms with van der Waals surface area (Å²) in [5.41, 5.74) is 41.2. The molecule has 10 aromatic rings. The van der Waals surface area contributed by atoms with Crippen molar-refractivity contribution in [2.75, 3.05) is 0 Å². The van der Waals surface area contributed by atoms with E-state index in [1.54, 1.807) is 33.4 Å². The minimum Gasteiger partial charge on any atom is -0.298 e. The predicted octanol–water partition coefficient (Wildman–Crippen LogP) is 39.0. The van der Waals surface area contributed by atoms with Crippen molar-refractivity contribution in [3.05, 3.63) is 249 Å². The predicted molar refractivity (Wildman–Crippen MR) is 558 cm³/mol. The first-order valence-corrected chi connectivity index (χ1v) is 53.8. The third-order valence-corrected chi connectivity index (χ3v) is 33.0. The van der Waals surface area contributed by atoms with E-state index < -0.39 is 0 Å². The first kappa shape index (κ1) is 95.2. The van der Waals surface area contributed by atoms with Crippen LogP contribution in [0.5, 0.6) is 0 Å². The number of fused-ring (bicyclic) bond motifs is 15. The minimum absolute atomic E-state index is 0.117. The highest BCUT2D eigenvalue weighted by Gasteiger charge is 2.49. The molecule has 0 aromatic heterocycles. The second-order valence-corrected chi connectivity index (χ2v) is 41.4. The monoisotopic (exact) mass is 1720 g/mol. The molecule has 5 aliphatic rings. The van der Waals surface area contributed by atoms with Gasteiger partial charge in [0.05, 0.1) is 0 Å². The van der Waals surface area contributed by atoms with Crippen molar-refractivity contribution in [1.82, 2.24) is 0 Å². The Labute approximate surface area is 783 Å². The molecule has 0 spiro atoms. The highest BCUT2D eigenvalue weighted by atomic mass is 16.1. The van der Waals surface area contributed by atoms with Crippen LogP contribution in [0.4, 0.5) is 0 Å². The van der Waals surface area contributed by atoms with Crippen molar-refractivity contribution in [2.45, 2.75) is 417 Å². The summed E-state index contributed by atoms with van der Waals surface area (Å²) in [5, 5.41) is 0. The number of benzene rings is 10. The number of unbranched alkanes of at least 4 members (excludes halogenated alkanes) is 30. The zero-order valence-corrected chi connectivity index (χ0v) is 82.1. The van der Waals surface area contributed by atoms with Crippen molar-refractivity contribution in [3.8, 4) is 100 Å². The summed E-state index contributed by atoms with van der Waals surface area (Å²) in [4.78, 5) is 25.4. The van der Waals surface area contributed by atoms with Gasteiger partial charge in [-0.05, 0) is 281 Å². The molecule has 0 saturated carbocycles. The van der Waals surface area contributed by atoms with Crippen LogP contribution in [0.1, 0.15) is 467 Å². The van der Waals surface area contributed by atoms with E-state index in [1.807, 2.05) is 0 Å². The number of hydrogen-bond donors (Lipinski definition) is 0. The molecule has 10 aromatic carbocycles. The number of aldehydes is 2. The van der Waals surface area contributed by atoms with E-state index >= 15 is 0 Å². The van der Waals surface area contributed by atoms with Gasteiger partial charge in [0, 0.05) is 38.2 Å². The fourth-order valence-corrected chi connectivity index (χ4v) is 25.9. The van der Waals surface area contributed by atoms with E-state index in [-0.39, 0.29) is 27.1 Å². The van der Waals surface area contributed by atoms with Gasteiger partial charge in [-0.2, -0.15) is 0 Å². The normalized spacial score (nSPS) is 14.8. The lowest BCUT2D eigenvalue weighted by atomic mass is 9.69. The van der Waals surface area contributed by atoms with E-state index in [9.17, 15) is 9.59 Å². The van der Waals surface area contributed by atoms with Crippen LogP contribution in [0.25, 0.3) is 100 Å². The molecule has 0 heterocycles. The molecule has 0 fully saturated rings. The van der Waals surface area contributed by atoms with Gasteiger partial charge in [0.2, 0.25) is 0 Å². The van der Waals surface area contributed by atoms with Gasteiger partial charge in [-0.3, -0.25) is 9.59 Å². The van der Waals surface area contributed by atoms with E-state index in [4.69, 9.17) is 0 Å². The Morgan fingerprint density at radius 3 is 0.403 bits per heavy atom. The summed E-state index contributed by atoms with van der Waals surface area (Å²) < 4.78 is 0. The zero-order chi connectivity index (χ0) is 89.8. The van der Waals surface area contributed by atoms with Gasteiger partial charge in [-0.15, -0.1) is 0 Å². The van der Waals surface area contributed by atoms with Gasteiger partial charge < -0.3 is 0 Å². The SMILES string of the molecule is CCCCCCC1(CCCCCC)c2cc(C=O)ccc2-c2ccc(-c3ccc4c(c3)C(CCCCCC)(CCCCCC)c3cc(-c5ccc6c(c5)C(CCCCCC)(CCCCCC)c5cc(-c7ccc8c(c7)C(CCCCCC)(CCCCCC)c7cc(-c9ccc%10c(c9)C(CCCCCC)(CCCCCC)c9cc(C=O)ccc9-%10)ccc7-8)ccc5-6)ccc3-4)cc21. The summed E-state index contributed by atoms with van der Waals surface area (Å²) in [6.45, 7) is 23.7. The van der Waals surface area contributed by atoms with E-state index in [0.29, 0.717) is 0 Å². The Hall–Kier alpha value is -8.46. The van der Waals surface area contributed by atoms with E-state index in [2.05, 4.69) is 251 Å². The molecule has 0 unspecified atom stereocenters. The molecule has 0 radical (unpaired) electrons. The Morgan fingerprint density at radius 1 is 0.155 bits per heavy atom. The lowest BCUT2D eigenvalue weighted by molar-refractivity contribution is 0.111. The summed E-state index contributed by atoms with van der Waals surface area (Å²) in [6, 6.07) is 75.6. The quantitative estimate of drug-likeness (QED) is 0.0281. The van der Waals surface area contributed by atoms with Crippen LogP contribution in [0.15, 0.2) is 182 Å². The Bertz CT molecular complexity index is 5030. The molecular formula is C127H162O2. The molecule has 2 nitrogen and oxygen atoms in total. The molecule has 682 valence electrons. The van der Waals surface area contributed by atoms with Crippen LogP contribution in [0, 0.1) is 0 Å². The maximum atomic E-state index is 12.7. The average Bonchev–Trinajstić information content (AvgIpc) is 1.56. The molecule has 0 atom stereocenters. The lowest BCUT2D eigenvalue weighted by Gasteiger charge is -2.34. The van der Waals surface area contributed by atoms with Gasteiger partial charge in [-0.25, -0.2) is 0 Å². The molecule has 129 heavy (non-hydrogen) atoms. The summed E-state index contributed by atoms with van der Waals surface area (Å²) in [6.07, 6.45) is 63.3. The fourth-order valence-electron chi connectivity index (χ4n) is 25.9. The number of carbonyl (C=O) groups excluding carboxylic acids is 2. The first-order valence-electron chi connectivity index (χ1n) is 53.8. The summed E-state index contributed by atoms with van der Waals surface area (Å²) in [7, 11) is 0. The molecule has 5 aliphatic carbocycles. The van der Waals surface area contributed by atoms with Crippen LogP contribution >= 0.6 is 0 Å². The maximum absolute atomic E-state index is 12.7. The molecule has 2 heteroatoms. The number of hydrogen-bond acceptors (Lipinski definition) is 2. The standard InChI is InChI=1S/C127H162O2/c1-11-21-31-41-71-123(72-42-32-22-12-2)113-81-93(91-128)51-61-103(113)105-63-53-95(83-115(105)123)97-55-65-107-109-67-57-99(87-119(109)125(117(107)85-97,75-45-35-25-15-5)76-46-36-26-16-6)101-59-69-111-112-70-60-102(90-122(112)127(121(111)89-101,79-49-39-29-19-9)80-50-40-30-20-10)100-58-68-110-108-66-56-98(86-118(108)126(120(110)88-100,77-47-37-27-17-7)78-48-38-28-18-8)96-54-64-106-104-62-52-94(92-129)82-114(104)124(116(106)84-96,73-43-33-23-13-3)74-44-34-24-14-4/h51-70,81-92H,11-50,71-80H2,1-10H3. The van der Waals surface area contributed by atoms with Gasteiger partial charge in [0.15, 0.2) is 0 Å². The Morgan fingerprint density at radius 2 is 0.279 bits per heavy atom. The molecule has 0 amide bonds. The molecule has 0 bridgehead atoms. The Kier molecular flexibility index (Phi) is 33.1. The summed E-state index contributed by atoms with van der Waals surface area (Å²) in [5.74, 6) is 0. The van der Waals surface area contributed by atoms with Crippen molar-refractivity contribution < 1.29 is 9.59 Å². The van der Waals surface area contributed by atoms with Crippen LogP contribution in [0.3, 0.4) is 0 Å². The average molecular weight is 1720 g/mol. The van der Waals surface area contributed by atoms with Crippen LogP contribution in [-0.2, 0) is 27.1 Å². The van der Waals surface area contributed by atoms with Crippen LogP contribution < -0.4 is 0 Å². The van der Waals surface area contributed by atoms with Crippen LogP contribution in [-0.4, -0.2) is 12.6 Å². The molecule has 15 rings (SSSR count). The largest absolute Gasteiger partial charge is 0.298 e. The van der Waals surface area contributed by atoms with Gasteiger partial charge >= 0.3 is 0 Å². The van der Waals surface area contributed by atoms with Gasteiger partial charge in [-0.1, -0.05) is 447 Å². The minimum atomic E-state index is -0.124. The fraction of sp³-hybridized carbons (Fsp3) is 0.512. The molecular weight excluding hydrogens is 1560 g/mol. The molecule has 0 aliphatic heterocycles. The van der Waals surface area contributed by atoms with Crippen molar-refractivity contribution in [2.24, 2.45) is 0 Å². The first-order chi connectivity index (χ1) is 63.4. The maximum Gasteiger partial charge on any atom is 0.150 e. The van der Waals surface area contributed by atoms with Gasteiger partial charge in [0.25, 0.3) is 0 Å². The third-order valence-electron chi connectivity index (χ3n) is 33.0. The van der Waals surface area contributed by atoms with E-state index in [1.165, 1.54) is 418 Å². The lowest BCUT2D eigenvalue weighted by Crippen LogP contribution is -2.26. The smallest absolute Gasteiger partial charge is 0.150 e. The topological polar surface area (TPSA) is 34.1 Å². The molecule has 0 saturated heterocycles. The zero-order valence-electron chi connectivity index (χ0n) is 82.1. The van der Waals surface area contributed by atoms with E-state index in [0.717, 1.165) is 49.4 Å².